The zero-order valence-corrected chi connectivity index (χ0v) is 18.7. The lowest BCUT2D eigenvalue weighted by Crippen LogP contribution is -2.58. The number of aromatic amines is 1. The lowest BCUT2D eigenvalue weighted by Gasteiger charge is -2.45. The quantitative estimate of drug-likeness (QED) is 0.583. The zero-order valence-electron chi connectivity index (χ0n) is 18.7. The molecular formula is C25H29N5O2. The van der Waals surface area contributed by atoms with E-state index in [-0.39, 0.29) is 22.4 Å². The number of aromatic hydroxyl groups is 1. The highest BCUT2D eigenvalue weighted by atomic mass is 16.3. The number of nitrogens with zero attached hydrogens (tertiary/aromatic N) is 3. The van der Waals surface area contributed by atoms with Crippen molar-refractivity contribution < 1.29 is 5.11 Å². The predicted octanol–water partition coefficient (Wildman–Crippen LogP) is 3.70. The topological polar surface area (TPSA) is 94.1 Å². The molecule has 2 aliphatic heterocycles. The van der Waals surface area contributed by atoms with E-state index in [1.165, 1.54) is 18.9 Å². The number of pyridine rings is 1. The van der Waals surface area contributed by atoms with Crippen LogP contribution in [0.25, 0.3) is 22.4 Å². The molecular weight excluding hydrogens is 402 g/mol. The summed E-state index contributed by atoms with van der Waals surface area (Å²) in [7, 11) is 2.10. The van der Waals surface area contributed by atoms with Gasteiger partial charge >= 0.3 is 0 Å². The van der Waals surface area contributed by atoms with Crippen LogP contribution in [0.15, 0.2) is 53.5 Å². The van der Waals surface area contributed by atoms with Crippen molar-refractivity contribution in [2.45, 2.75) is 56.7 Å². The third-order valence-corrected chi connectivity index (χ3v) is 7.15. The fraction of sp³-hybridized carbons (Fsp3) is 0.400. The van der Waals surface area contributed by atoms with E-state index in [1.807, 2.05) is 24.3 Å². The third-order valence-electron chi connectivity index (χ3n) is 7.15. The second-order valence-electron chi connectivity index (χ2n) is 9.87. The Hall–Kier alpha value is -3.19. The molecule has 7 heteroatoms. The van der Waals surface area contributed by atoms with E-state index >= 15 is 0 Å². The number of phenolic OH excluding ortho intramolecular Hbond substituents is 1. The molecule has 2 aromatic heterocycles. The van der Waals surface area contributed by atoms with Crippen molar-refractivity contribution in [3.63, 3.8) is 0 Å². The second kappa shape index (κ2) is 7.45. The molecule has 3 N–H and O–H groups in total. The molecule has 1 aromatic carbocycles. The van der Waals surface area contributed by atoms with Gasteiger partial charge in [-0.25, -0.2) is 0 Å². The van der Waals surface area contributed by atoms with Crippen LogP contribution < -0.4 is 15.8 Å². The van der Waals surface area contributed by atoms with Crippen LogP contribution in [-0.2, 0) is 0 Å². The first-order valence-corrected chi connectivity index (χ1v) is 11.1. The van der Waals surface area contributed by atoms with Gasteiger partial charge in [-0.1, -0.05) is 6.07 Å². The van der Waals surface area contributed by atoms with Gasteiger partial charge in [0.15, 0.2) is 5.82 Å². The average molecular weight is 432 g/mol. The lowest BCUT2D eigenvalue weighted by molar-refractivity contribution is 0.207. The van der Waals surface area contributed by atoms with Crippen LogP contribution >= 0.6 is 0 Å². The van der Waals surface area contributed by atoms with Gasteiger partial charge in [0.05, 0.1) is 5.69 Å². The number of benzene rings is 1. The number of phenols is 1. The molecule has 5 rings (SSSR count). The molecule has 0 aliphatic carbocycles. The number of piperidine rings is 1. The van der Waals surface area contributed by atoms with Crippen molar-refractivity contribution >= 4 is 5.82 Å². The zero-order chi connectivity index (χ0) is 22.5. The molecule has 4 heterocycles. The number of hydrogen-bond donors (Lipinski definition) is 3. The standard InChI is InChI=1S/C25H29N5O2/c1-24-9-10-25(2,29-24)15-18(14-24)30(3)22-7-6-20(27-28-22)19-5-4-16(12-21(19)31)17-8-11-26-23(32)13-17/h4-8,11-13,18,29,31H,9-10,14-15H2,1-3H3,(H,26,32)/t18?,24-,25+. The number of H-pyrrole nitrogens is 1. The van der Waals surface area contributed by atoms with E-state index in [0.717, 1.165) is 29.8 Å². The van der Waals surface area contributed by atoms with Crippen molar-refractivity contribution in [3.05, 3.63) is 59.0 Å². The summed E-state index contributed by atoms with van der Waals surface area (Å²) in [6, 6.07) is 12.9. The van der Waals surface area contributed by atoms with Crippen LogP contribution in [0.4, 0.5) is 5.82 Å². The number of fused-ring (bicyclic) bond motifs is 2. The van der Waals surface area contributed by atoms with Gasteiger partial charge in [0.2, 0.25) is 5.56 Å². The van der Waals surface area contributed by atoms with Gasteiger partial charge in [0, 0.05) is 42.0 Å². The number of nitrogens with one attached hydrogen (secondary N) is 2. The highest BCUT2D eigenvalue weighted by molar-refractivity contribution is 5.74. The Morgan fingerprint density at radius 1 is 1.00 bits per heavy atom. The van der Waals surface area contributed by atoms with Gasteiger partial charge in [-0.3, -0.25) is 4.79 Å². The molecule has 32 heavy (non-hydrogen) atoms. The van der Waals surface area contributed by atoms with Crippen molar-refractivity contribution in [2.24, 2.45) is 0 Å². The molecule has 0 spiro atoms. The number of hydrogen-bond acceptors (Lipinski definition) is 6. The van der Waals surface area contributed by atoms with Crippen LogP contribution in [0.3, 0.4) is 0 Å². The maximum Gasteiger partial charge on any atom is 0.248 e. The Labute approximate surface area is 187 Å². The number of rotatable bonds is 4. The van der Waals surface area contributed by atoms with Crippen molar-refractivity contribution in [1.82, 2.24) is 20.5 Å². The molecule has 2 fully saturated rings. The summed E-state index contributed by atoms with van der Waals surface area (Å²) in [5.74, 6) is 0.945. The summed E-state index contributed by atoms with van der Waals surface area (Å²) in [5, 5.41) is 23.3. The lowest BCUT2D eigenvalue weighted by atomic mass is 9.84. The first kappa shape index (κ1) is 20.7. The summed E-state index contributed by atoms with van der Waals surface area (Å²) in [6.45, 7) is 4.65. The Morgan fingerprint density at radius 2 is 1.72 bits per heavy atom. The maximum atomic E-state index is 11.6. The highest BCUT2D eigenvalue weighted by Gasteiger charge is 2.49. The molecule has 2 saturated heterocycles. The van der Waals surface area contributed by atoms with Crippen LogP contribution in [0.2, 0.25) is 0 Å². The van der Waals surface area contributed by atoms with E-state index < -0.39 is 0 Å². The molecule has 2 bridgehead atoms. The molecule has 166 valence electrons. The first-order valence-electron chi connectivity index (χ1n) is 11.1. The van der Waals surface area contributed by atoms with Crippen LogP contribution in [0.5, 0.6) is 5.75 Å². The van der Waals surface area contributed by atoms with E-state index in [1.54, 1.807) is 18.3 Å². The average Bonchev–Trinajstić information content (AvgIpc) is 3.00. The minimum absolute atomic E-state index is 0.106. The van der Waals surface area contributed by atoms with E-state index in [4.69, 9.17) is 0 Å². The molecule has 0 radical (unpaired) electrons. The van der Waals surface area contributed by atoms with E-state index in [0.29, 0.717) is 17.3 Å². The Kier molecular flexibility index (Phi) is 4.82. The van der Waals surface area contributed by atoms with Gasteiger partial charge in [0.1, 0.15) is 5.75 Å². The van der Waals surface area contributed by atoms with E-state index in [2.05, 4.69) is 46.3 Å². The fourth-order valence-electron chi connectivity index (χ4n) is 5.49. The SMILES string of the molecule is CN(c1ccc(-c2ccc(-c3cc[nH]c(=O)c3)cc2O)nn1)C1C[C@]2(C)CC[C@](C)(C1)N2. The van der Waals surface area contributed by atoms with Crippen molar-refractivity contribution in [1.29, 1.82) is 0 Å². The molecule has 3 atom stereocenters. The Bertz CT molecular complexity index is 1190. The summed E-state index contributed by atoms with van der Waals surface area (Å²) >= 11 is 0. The summed E-state index contributed by atoms with van der Waals surface area (Å²) in [5.41, 5.74) is 2.94. The predicted molar refractivity (Wildman–Crippen MR) is 126 cm³/mol. The normalized spacial score (nSPS) is 26.8. The van der Waals surface area contributed by atoms with Crippen LogP contribution in [0, 0.1) is 0 Å². The number of aromatic nitrogens is 3. The summed E-state index contributed by atoms with van der Waals surface area (Å²) < 4.78 is 0. The summed E-state index contributed by atoms with van der Waals surface area (Å²) in [6.07, 6.45) is 6.20. The van der Waals surface area contributed by atoms with Crippen LogP contribution in [0.1, 0.15) is 39.5 Å². The van der Waals surface area contributed by atoms with Gasteiger partial charge in [-0.2, -0.15) is 0 Å². The smallest absolute Gasteiger partial charge is 0.248 e. The Morgan fingerprint density at radius 3 is 2.34 bits per heavy atom. The molecule has 0 saturated carbocycles. The Balaban J connectivity index is 1.36. The van der Waals surface area contributed by atoms with E-state index in [9.17, 15) is 9.90 Å². The van der Waals surface area contributed by atoms with Crippen molar-refractivity contribution in [3.8, 4) is 28.1 Å². The minimum Gasteiger partial charge on any atom is -0.507 e. The van der Waals surface area contributed by atoms with Gasteiger partial charge in [0.25, 0.3) is 0 Å². The highest BCUT2D eigenvalue weighted by Crippen LogP contribution is 2.43. The largest absolute Gasteiger partial charge is 0.507 e. The molecule has 1 unspecified atom stereocenters. The van der Waals surface area contributed by atoms with Crippen molar-refractivity contribution in [2.75, 3.05) is 11.9 Å². The van der Waals surface area contributed by atoms with Gasteiger partial charge in [-0.05, 0) is 81.0 Å². The third kappa shape index (κ3) is 3.77. The molecule has 2 aliphatic rings. The summed E-state index contributed by atoms with van der Waals surface area (Å²) in [4.78, 5) is 16.4. The second-order valence-corrected chi connectivity index (χ2v) is 9.87. The first-order chi connectivity index (χ1) is 15.2. The molecule has 0 amide bonds. The fourth-order valence-corrected chi connectivity index (χ4v) is 5.49. The van der Waals surface area contributed by atoms with Gasteiger partial charge in [-0.15, -0.1) is 10.2 Å². The minimum atomic E-state index is -0.179. The molecule has 7 nitrogen and oxygen atoms in total. The number of anilines is 1. The monoisotopic (exact) mass is 431 g/mol. The van der Waals surface area contributed by atoms with Gasteiger partial charge < -0.3 is 20.3 Å². The maximum absolute atomic E-state index is 11.6. The van der Waals surface area contributed by atoms with Crippen LogP contribution in [-0.4, -0.2) is 44.5 Å². The molecule has 3 aromatic rings.